The normalized spacial score (nSPS) is 10.6. The zero-order valence-electron chi connectivity index (χ0n) is 12.3. The fraction of sp³-hybridized carbons (Fsp3) is 0.375. The second-order valence-corrected chi connectivity index (χ2v) is 5.95. The van der Waals surface area contributed by atoms with Gasteiger partial charge in [-0.15, -0.1) is 0 Å². The van der Waals surface area contributed by atoms with E-state index in [0.717, 1.165) is 35.1 Å². The third-order valence-corrected chi connectivity index (χ3v) is 3.67. The van der Waals surface area contributed by atoms with Crippen molar-refractivity contribution in [1.82, 2.24) is 0 Å². The maximum Gasteiger partial charge on any atom is 0.142 e. The van der Waals surface area contributed by atoms with Crippen LogP contribution in [0, 0.1) is 0 Å². The van der Waals surface area contributed by atoms with E-state index in [1.807, 2.05) is 30.3 Å². The molecule has 0 saturated heterocycles. The van der Waals surface area contributed by atoms with Gasteiger partial charge < -0.3 is 14.5 Å². The number of anilines is 1. The van der Waals surface area contributed by atoms with E-state index >= 15 is 0 Å². The molecule has 1 heterocycles. The van der Waals surface area contributed by atoms with E-state index in [2.05, 4.69) is 18.5 Å². The Morgan fingerprint density at radius 3 is 2.81 bits per heavy atom. The molecule has 1 aromatic heterocycles. The van der Waals surface area contributed by atoms with Crippen molar-refractivity contribution in [2.75, 3.05) is 18.2 Å². The number of furan rings is 1. The van der Waals surface area contributed by atoms with Crippen LogP contribution < -0.4 is 10.1 Å². The van der Waals surface area contributed by atoms with Crippen LogP contribution >= 0.6 is 23.4 Å². The lowest BCUT2D eigenvalue weighted by Gasteiger charge is -2.12. The van der Waals surface area contributed by atoms with Crippen LogP contribution in [-0.2, 0) is 12.3 Å². The van der Waals surface area contributed by atoms with Gasteiger partial charge in [0.1, 0.15) is 17.3 Å². The number of nitrogens with one attached hydrogen (secondary N) is 1. The Morgan fingerprint density at radius 2 is 2.05 bits per heavy atom. The fourth-order valence-corrected chi connectivity index (χ4v) is 2.51. The highest BCUT2D eigenvalue weighted by molar-refractivity contribution is 7.97. The largest absolute Gasteiger partial charge is 0.491 e. The third-order valence-electron chi connectivity index (χ3n) is 2.86. The minimum absolute atomic E-state index is 0.608. The summed E-state index contributed by atoms with van der Waals surface area (Å²) in [5.74, 6) is 3.60. The highest BCUT2D eigenvalue weighted by Gasteiger charge is 2.07. The molecule has 0 amide bonds. The summed E-state index contributed by atoms with van der Waals surface area (Å²) in [7, 11) is 0. The Kier molecular flexibility index (Phi) is 6.33. The Morgan fingerprint density at radius 1 is 1.24 bits per heavy atom. The molecule has 0 saturated carbocycles. The molecule has 0 fully saturated rings. The fourth-order valence-electron chi connectivity index (χ4n) is 1.90. The van der Waals surface area contributed by atoms with E-state index in [9.17, 15) is 0 Å². The van der Waals surface area contributed by atoms with Gasteiger partial charge in [0.05, 0.1) is 24.6 Å². The van der Waals surface area contributed by atoms with E-state index in [0.29, 0.717) is 18.2 Å². The van der Waals surface area contributed by atoms with Gasteiger partial charge in [-0.25, -0.2) is 0 Å². The van der Waals surface area contributed by atoms with Crippen LogP contribution in [0.5, 0.6) is 5.75 Å². The molecule has 114 valence electrons. The molecule has 2 aromatic rings. The van der Waals surface area contributed by atoms with Crippen molar-refractivity contribution in [3.63, 3.8) is 0 Å². The zero-order valence-corrected chi connectivity index (χ0v) is 13.9. The molecular weight excluding hydrogens is 306 g/mol. The summed E-state index contributed by atoms with van der Waals surface area (Å²) < 4.78 is 11.5. The molecule has 1 N–H and O–H groups in total. The molecule has 0 spiro atoms. The lowest BCUT2D eigenvalue weighted by atomic mass is 10.3. The summed E-state index contributed by atoms with van der Waals surface area (Å²) in [6.45, 7) is 3.38. The van der Waals surface area contributed by atoms with Gasteiger partial charge in [0.15, 0.2) is 0 Å². The van der Waals surface area contributed by atoms with E-state index in [1.165, 1.54) is 0 Å². The number of rotatable bonds is 8. The minimum Gasteiger partial charge on any atom is -0.491 e. The quantitative estimate of drug-likeness (QED) is 0.723. The van der Waals surface area contributed by atoms with Gasteiger partial charge in [-0.1, -0.05) is 18.5 Å². The molecule has 21 heavy (non-hydrogen) atoms. The Bertz CT molecular complexity index is 571. The van der Waals surface area contributed by atoms with E-state index < -0.39 is 0 Å². The third kappa shape index (κ3) is 4.90. The van der Waals surface area contributed by atoms with Gasteiger partial charge in [0.2, 0.25) is 0 Å². The summed E-state index contributed by atoms with van der Waals surface area (Å²) in [4.78, 5) is 0. The monoisotopic (exact) mass is 325 g/mol. The number of ether oxygens (including phenoxy) is 1. The molecule has 1 aromatic carbocycles. The van der Waals surface area contributed by atoms with Gasteiger partial charge in [-0.3, -0.25) is 0 Å². The van der Waals surface area contributed by atoms with Crippen LogP contribution in [-0.4, -0.2) is 12.9 Å². The van der Waals surface area contributed by atoms with Gasteiger partial charge in [0, 0.05) is 5.02 Å². The van der Waals surface area contributed by atoms with Crippen LogP contribution in [0.4, 0.5) is 5.69 Å². The molecule has 0 aliphatic carbocycles. The molecule has 5 heteroatoms. The van der Waals surface area contributed by atoms with Crippen molar-refractivity contribution in [2.45, 2.75) is 25.6 Å². The van der Waals surface area contributed by atoms with Crippen LogP contribution in [0.25, 0.3) is 0 Å². The van der Waals surface area contributed by atoms with Crippen molar-refractivity contribution < 1.29 is 9.15 Å². The predicted molar refractivity (Wildman–Crippen MR) is 90.5 cm³/mol. The average molecular weight is 326 g/mol. The van der Waals surface area contributed by atoms with Gasteiger partial charge in [0.25, 0.3) is 0 Å². The number of benzene rings is 1. The van der Waals surface area contributed by atoms with Gasteiger partial charge >= 0.3 is 0 Å². The van der Waals surface area contributed by atoms with E-state index in [4.69, 9.17) is 20.8 Å². The molecule has 2 rings (SSSR count). The van der Waals surface area contributed by atoms with Crippen molar-refractivity contribution >= 4 is 29.1 Å². The highest BCUT2D eigenvalue weighted by atomic mass is 35.5. The second-order valence-electron chi connectivity index (χ2n) is 4.64. The molecule has 0 bridgehead atoms. The molecular formula is C16H20ClNO2S. The lowest BCUT2D eigenvalue weighted by Crippen LogP contribution is -2.03. The van der Waals surface area contributed by atoms with E-state index in [1.54, 1.807) is 11.8 Å². The molecule has 0 unspecified atom stereocenters. The summed E-state index contributed by atoms with van der Waals surface area (Å²) in [6.07, 6.45) is 3.03. The molecule has 0 radical (unpaired) electrons. The number of thioether (sulfide) groups is 1. The first-order valence-corrected chi connectivity index (χ1v) is 8.73. The number of hydrogen-bond acceptors (Lipinski definition) is 4. The predicted octanol–water partition coefficient (Wildman–Crippen LogP) is 5.20. The van der Waals surface area contributed by atoms with Crippen molar-refractivity contribution in [3.05, 3.63) is 46.9 Å². The van der Waals surface area contributed by atoms with Gasteiger partial charge in [-0.05, 0) is 43.0 Å². The summed E-state index contributed by atoms with van der Waals surface area (Å²) in [6, 6.07) is 9.61. The number of halogens is 1. The molecule has 0 atom stereocenters. The topological polar surface area (TPSA) is 34.4 Å². The molecule has 0 aliphatic rings. The van der Waals surface area contributed by atoms with Crippen LogP contribution in [0.3, 0.4) is 0 Å². The SMILES string of the molecule is CCCOc1ccc(Cl)cc1NCc1ccc(CSC)o1. The first-order chi connectivity index (χ1) is 10.2. The van der Waals surface area contributed by atoms with Crippen LogP contribution in [0.2, 0.25) is 5.02 Å². The molecule has 3 nitrogen and oxygen atoms in total. The maximum absolute atomic E-state index is 6.06. The smallest absolute Gasteiger partial charge is 0.142 e. The Labute approximate surface area is 135 Å². The first kappa shape index (κ1) is 16.1. The van der Waals surface area contributed by atoms with Crippen molar-refractivity contribution in [2.24, 2.45) is 0 Å². The summed E-state index contributed by atoms with van der Waals surface area (Å²) in [5, 5.41) is 4.01. The Balaban J connectivity index is 2.01. The number of hydrogen-bond donors (Lipinski definition) is 1. The lowest BCUT2D eigenvalue weighted by molar-refractivity contribution is 0.318. The standard InChI is InChI=1S/C16H20ClNO2S/c1-3-8-19-16-7-4-12(17)9-15(16)18-10-13-5-6-14(20-13)11-21-2/h4-7,9,18H,3,8,10-11H2,1-2H3. The van der Waals surface area contributed by atoms with Crippen molar-refractivity contribution in [1.29, 1.82) is 0 Å². The minimum atomic E-state index is 0.608. The summed E-state index contributed by atoms with van der Waals surface area (Å²) in [5.41, 5.74) is 0.888. The second kappa shape index (κ2) is 8.25. The highest BCUT2D eigenvalue weighted by Crippen LogP contribution is 2.29. The van der Waals surface area contributed by atoms with Crippen LogP contribution in [0.1, 0.15) is 24.9 Å². The zero-order chi connectivity index (χ0) is 15.1. The average Bonchev–Trinajstić information content (AvgIpc) is 2.92. The maximum atomic E-state index is 6.06. The summed E-state index contributed by atoms with van der Waals surface area (Å²) >= 11 is 7.80. The van der Waals surface area contributed by atoms with E-state index in [-0.39, 0.29) is 0 Å². The first-order valence-electron chi connectivity index (χ1n) is 6.95. The van der Waals surface area contributed by atoms with Crippen molar-refractivity contribution in [3.8, 4) is 5.75 Å². The van der Waals surface area contributed by atoms with Crippen LogP contribution in [0.15, 0.2) is 34.7 Å². The Hall–Kier alpha value is -1.26. The van der Waals surface area contributed by atoms with Gasteiger partial charge in [-0.2, -0.15) is 11.8 Å². The molecule has 0 aliphatic heterocycles.